The summed E-state index contributed by atoms with van der Waals surface area (Å²) in [6, 6.07) is 2.62. The molecule has 0 saturated carbocycles. The third-order valence-corrected chi connectivity index (χ3v) is 3.84. The van der Waals surface area contributed by atoms with Gasteiger partial charge in [0.25, 0.3) is 0 Å². The molecule has 0 amide bonds. The van der Waals surface area contributed by atoms with Crippen molar-refractivity contribution in [1.29, 1.82) is 0 Å². The minimum atomic E-state index is 0.532. The van der Waals surface area contributed by atoms with Crippen LogP contribution < -0.4 is 5.32 Å². The van der Waals surface area contributed by atoms with Crippen LogP contribution in [0.1, 0.15) is 18.9 Å². The molecular weight excluding hydrogens is 238 g/mol. The second-order valence-electron chi connectivity index (χ2n) is 3.87. The van der Waals surface area contributed by atoms with Gasteiger partial charge in [-0.15, -0.1) is 10.2 Å². The van der Waals surface area contributed by atoms with Crippen LogP contribution in [-0.2, 0) is 6.42 Å². The lowest BCUT2D eigenvalue weighted by atomic mass is 10.3. The van der Waals surface area contributed by atoms with Gasteiger partial charge in [0.05, 0.1) is 0 Å². The van der Waals surface area contributed by atoms with E-state index in [4.69, 9.17) is 0 Å². The average Bonchev–Trinajstić information content (AvgIpc) is 2.85. The first-order valence-electron chi connectivity index (χ1n) is 5.34. The molecule has 2 aromatic rings. The minimum absolute atomic E-state index is 0.532. The van der Waals surface area contributed by atoms with Crippen LogP contribution in [0.25, 0.3) is 10.6 Å². The molecular formula is C11H15N3S2. The Labute approximate surface area is 104 Å². The minimum Gasteiger partial charge on any atom is -0.314 e. The van der Waals surface area contributed by atoms with Crippen molar-refractivity contribution >= 4 is 22.7 Å². The fraction of sp³-hybridized carbons (Fsp3) is 0.455. The van der Waals surface area contributed by atoms with E-state index in [0.29, 0.717) is 6.04 Å². The lowest BCUT2D eigenvalue weighted by molar-refractivity contribution is 0.588. The molecule has 0 aliphatic rings. The standard InChI is InChI=1S/C11H15N3S2/c1-8(2)12-5-3-10-13-14-11(16-10)9-4-6-15-7-9/h4,6-8,12H,3,5H2,1-2H3. The number of hydrogen-bond donors (Lipinski definition) is 1. The number of nitrogens with one attached hydrogen (secondary N) is 1. The highest BCUT2D eigenvalue weighted by molar-refractivity contribution is 7.15. The molecule has 2 aromatic heterocycles. The molecule has 0 fully saturated rings. The lowest BCUT2D eigenvalue weighted by Crippen LogP contribution is -2.24. The van der Waals surface area contributed by atoms with E-state index in [1.807, 2.05) is 0 Å². The van der Waals surface area contributed by atoms with Crippen molar-refractivity contribution in [2.45, 2.75) is 26.3 Å². The predicted octanol–water partition coefficient (Wildman–Crippen LogP) is 2.81. The SMILES string of the molecule is CC(C)NCCc1nnc(-c2ccsc2)s1. The van der Waals surface area contributed by atoms with Gasteiger partial charge in [0.2, 0.25) is 0 Å². The number of aromatic nitrogens is 2. The molecule has 0 bridgehead atoms. The van der Waals surface area contributed by atoms with Crippen LogP contribution in [0, 0.1) is 0 Å². The third kappa shape index (κ3) is 3.10. The summed E-state index contributed by atoms with van der Waals surface area (Å²) in [5.41, 5.74) is 1.19. The quantitative estimate of drug-likeness (QED) is 0.890. The van der Waals surface area contributed by atoms with Crippen LogP contribution in [0.4, 0.5) is 0 Å². The Balaban J connectivity index is 1.93. The maximum Gasteiger partial charge on any atom is 0.148 e. The van der Waals surface area contributed by atoms with E-state index in [9.17, 15) is 0 Å². The fourth-order valence-corrected chi connectivity index (χ4v) is 2.88. The normalized spacial score (nSPS) is 11.2. The van der Waals surface area contributed by atoms with E-state index in [2.05, 4.69) is 46.2 Å². The Morgan fingerprint density at radius 1 is 1.38 bits per heavy atom. The molecule has 1 N–H and O–H groups in total. The van der Waals surface area contributed by atoms with Crippen LogP contribution in [0.2, 0.25) is 0 Å². The zero-order valence-electron chi connectivity index (χ0n) is 9.43. The molecule has 0 aliphatic carbocycles. The van der Waals surface area contributed by atoms with E-state index >= 15 is 0 Å². The Kier molecular flexibility index (Phi) is 4.04. The van der Waals surface area contributed by atoms with Gasteiger partial charge in [-0.25, -0.2) is 0 Å². The summed E-state index contributed by atoms with van der Waals surface area (Å²) in [6.07, 6.45) is 0.958. The summed E-state index contributed by atoms with van der Waals surface area (Å²) in [5, 5.41) is 18.1. The first-order chi connectivity index (χ1) is 7.75. The smallest absolute Gasteiger partial charge is 0.148 e. The van der Waals surface area contributed by atoms with Gasteiger partial charge in [-0.3, -0.25) is 0 Å². The second-order valence-corrected chi connectivity index (χ2v) is 5.71. The Bertz CT molecular complexity index is 420. The van der Waals surface area contributed by atoms with Crippen LogP contribution in [-0.4, -0.2) is 22.8 Å². The van der Waals surface area contributed by atoms with Crippen LogP contribution >= 0.6 is 22.7 Å². The molecule has 0 atom stereocenters. The van der Waals surface area contributed by atoms with Crippen LogP contribution in [0.5, 0.6) is 0 Å². The Morgan fingerprint density at radius 3 is 2.94 bits per heavy atom. The highest BCUT2D eigenvalue weighted by atomic mass is 32.1. The van der Waals surface area contributed by atoms with E-state index in [-0.39, 0.29) is 0 Å². The Hall–Kier alpha value is -0.780. The van der Waals surface area contributed by atoms with Gasteiger partial charge in [-0.05, 0) is 11.4 Å². The van der Waals surface area contributed by atoms with Gasteiger partial charge in [0.1, 0.15) is 10.0 Å². The summed E-state index contributed by atoms with van der Waals surface area (Å²) < 4.78 is 0. The zero-order valence-corrected chi connectivity index (χ0v) is 11.1. The molecule has 0 saturated heterocycles. The Morgan fingerprint density at radius 2 is 2.25 bits per heavy atom. The topological polar surface area (TPSA) is 37.8 Å². The third-order valence-electron chi connectivity index (χ3n) is 2.13. The molecule has 86 valence electrons. The fourth-order valence-electron chi connectivity index (χ4n) is 1.33. The number of hydrogen-bond acceptors (Lipinski definition) is 5. The van der Waals surface area contributed by atoms with Crippen molar-refractivity contribution in [3.05, 3.63) is 21.8 Å². The number of rotatable bonds is 5. The van der Waals surface area contributed by atoms with Gasteiger partial charge in [-0.2, -0.15) is 11.3 Å². The molecule has 16 heavy (non-hydrogen) atoms. The molecule has 0 aromatic carbocycles. The predicted molar refractivity (Wildman–Crippen MR) is 70.1 cm³/mol. The van der Waals surface area contributed by atoms with Gasteiger partial charge in [0.15, 0.2) is 0 Å². The van der Waals surface area contributed by atoms with Crippen LogP contribution in [0.15, 0.2) is 16.8 Å². The zero-order chi connectivity index (χ0) is 11.4. The van der Waals surface area contributed by atoms with Crippen LogP contribution in [0.3, 0.4) is 0 Å². The number of nitrogens with zero attached hydrogens (tertiary/aromatic N) is 2. The molecule has 0 radical (unpaired) electrons. The highest BCUT2D eigenvalue weighted by Gasteiger charge is 2.06. The van der Waals surface area contributed by atoms with Crippen molar-refractivity contribution in [3.8, 4) is 10.6 Å². The maximum atomic E-state index is 4.20. The molecule has 2 rings (SSSR count). The van der Waals surface area contributed by atoms with E-state index in [1.165, 1.54) is 5.56 Å². The van der Waals surface area contributed by atoms with Gasteiger partial charge >= 0.3 is 0 Å². The first kappa shape index (κ1) is 11.7. The molecule has 0 unspecified atom stereocenters. The van der Waals surface area contributed by atoms with Crippen molar-refractivity contribution in [3.63, 3.8) is 0 Å². The summed E-state index contributed by atoms with van der Waals surface area (Å²) in [5.74, 6) is 0. The summed E-state index contributed by atoms with van der Waals surface area (Å²) in [6.45, 7) is 5.27. The van der Waals surface area contributed by atoms with Gasteiger partial charge < -0.3 is 5.32 Å². The molecule has 5 heteroatoms. The highest BCUT2D eigenvalue weighted by Crippen LogP contribution is 2.25. The largest absolute Gasteiger partial charge is 0.314 e. The molecule has 3 nitrogen and oxygen atoms in total. The van der Waals surface area contributed by atoms with Gasteiger partial charge in [-0.1, -0.05) is 25.2 Å². The van der Waals surface area contributed by atoms with Crippen molar-refractivity contribution in [2.24, 2.45) is 0 Å². The summed E-state index contributed by atoms with van der Waals surface area (Å²) in [7, 11) is 0. The van der Waals surface area contributed by atoms with E-state index in [1.54, 1.807) is 22.7 Å². The average molecular weight is 253 g/mol. The van der Waals surface area contributed by atoms with Gasteiger partial charge in [0, 0.05) is 30.0 Å². The van der Waals surface area contributed by atoms with Crippen molar-refractivity contribution < 1.29 is 0 Å². The summed E-state index contributed by atoms with van der Waals surface area (Å²) >= 11 is 3.38. The second kappa shape index (κ2) is 5.52. The van der Waals surface area contributed by atoms with E-state index in [0.717, 1.165) is 23.0 Å². The molecule has 2 heterocycles. The maximum absolute atomic E-state index is 4.20. The number of thiophene rings is 1. The first-order valence-corrected chi connectivity index (χ1v) is 7.10. The van der Waals surface area contributed by atoms with Crippen molar-refractivity contribution in [1.82, 2.24) is 15.5 Å². The summed E-state index contributed by atoms with van der Waals surface area (Å²) in [4.78, 5) is 0. The van der Waals surface area contributed by atoms with Crippen molar-refractivity contribution in [2.75, 3.05) is 6.54 Å². The molecule has 0 aliphatic heterocycles. The monoisotopic (exact) mass is 253 g/mol. The molecule has 0 spiro atoms. The lowest BCUT2D eigenvalue weighted by Gasteiger charge is -2.04. The van der Waals surface area contributed by atoms with E-state index < -0.39 is 0 Å².